The van der Waals surface area contributed by atoms with Crippen LogP contribution in [0.2, 0.25) is 0 Å². The maximum atomic E-state index is 12.3. The Morgan fingerprint density at radius 3 is 2.79 bits per heavy atom. The first-order chi connectivity index (χ1) is 11.3. The lowest BCUT2D eigenvalue weighted by Gasteiger charge is -2.32. The third-order valence-corrected chi connectivity index (χ3v) is 4.76. The molecule has 1 amide bonds. The molecule has 2 N–H and O–H groups in total. The van der Waals surface area contributed by atoms with Gasteiger partial charge in [-0.05, 0) is 70.2 Å². The summed E-state index contributed by atoms with van der Waals surface area (Å²) in [7, 11) is 0. The van der Waals surface area contributed by atoms with Gasteiger partial charge in [-0.2, -0.15) is 0 Å². The Morgan fingerprint density at radius 2 is 2.04 bits per heavy atom. The number of hydrogen-bond donors (Lipinski definition) is 1. The number of likely N-dealkylation sites (tertiary alicyclic amines) is 1. The Balaban J connectivity index is 1.73. The van der Waals surface area contributed by atoms with E-state index in [-0.39, 0.29) is 6.09 Å². The van der Waals surface area contributed by atoms with Crippen LogP contribution in [0.1, 0.15) is 45.6 Å². The summed E-state index contributed by atoms with van der Waals surface area (Å²) < 4.78 is 5.52. The maximum absolute atomic E-state index is 12.3. The van der Waals surface area contributed by atoms with Gasteiger partial charge in [-0.15, -0.1) is 0 Å². The quantitative estimate of drug-likeness (QED) is 0.801. The fraction of sp³-hybridized carbons (Fsp3) is 0.632. The van der Waals surface area contributed by atoms with Gasteiger partial charge in [0, 0.05) is 37.1 Å². The minimum atomic E-state index is -0.443. The number of anilines is 2. The number of benzene rings is 1. The van der Waals surface area contributed by atoms with Gasteiger partial charge in [0.15, 0.2) is 0 Å². The van der Waals surface area contributed by atoms with E-state index in [0.717, 1.165) is 38.2 Å². The molecule has 5 heteroatoms. The number of carbonyl (C=O) groups is 1. The van der Waals surface area contributed by atoms with E-state index in [1.165, 1.54) is 24.1 Å². The van der Waals surface area contributed by atoms with Crippen LogP contribution in [0.25, 0.3) is 0 Å². The van der Waals surface area contributed by atoms with Crippen LogP contribution >= 0.6 is 0 Å². The van der Waals surface area contributed by atoms with E-state index in [0.29, 0.717) is 6.04 Å². The Morgan fingerprint density at radius 1 is 1.25 bits per heavy atom. The molecular weight excluding hydrogens is 302 g/mol. The molecule has 1 aromatic rings. The Bertz CT molecular complexity index is 609. The van der Waals surface area contributed by atoms with Crippen molar-refractivity contribution >= 4 is 17.5 Å². The molecule has 1 saturated heterocycles. The first-order valence-corrected chi connectivity index (χ1v) is 8.96. The van der Waals surface area contributed by atoms with Gasteiger partial charge in [-0.1, -0.05) is 0 Å². The van der Waals surface area contributed by atoms with Crippen LogP contribution in [0.4, 0.5) is 16.2 Å². The first-order valence-electron chi connectivity index (χ1n) is 8.96. The molecule has 3 rings (SSSR count). The lowest BCUT2D eigenvalue weighted by atomic mass is 10.1. The van der Waals surface area contributed by atoms with Gasteiger partial charge in [-0.25, -0.2) is 4.79 Å². The SMILES string of the molecule is CC(C)(C)OC(=O)N1CCC(N2CCCCc3cc(N)ccc32)C1. The van der Waals surface area contributed by atoms with Crippen molar-refractivity contribution in [1.82, 2.24) is 4.90 Å². The molecule has 1 unspecified atom stereocenters. The van der Waals surface area contributed by atoms with Crippen LogP contribution in [0.15, 0.2) is 18.2 Å². The molecule has 24 heavy (non-hydrogen) atoms. The van der Waals surface area contributed by atoms with Crippen molar-refractivity contribution in [3.8, 4) is 0 Å². The highest BCUT2D eigenvalue weighted by atomic mass is 16.6. The predicted octanol–water partition coefficient (Wildman–Crippen LogP) is 3.42. The second-order valence-electron chi connectivity index (χ2n) is 7.91. The highest BCUT2D eigenvalue weighted by Crippen LogP contribution is 2.32. The zero-order valence-electron chi connectivity index (χ0n) is 15.0. The lowest BCUT2D eigenvalue weighted by molar-refractivity contribution is 0.0292. The number of nitrogen functional groups attached to an aromatic ring is 1. The Kier molecular flexibility index (Phi) is 4.61. The average Bonchev–Trinajstić information content (AvgIpc) is 2.88. The van der Waals surface area contributed by atoms with Gasteiger partial charge in [0.1, 0.15) is 5.60 Å². The smallest absolute Gasteiger partial charge is 0.410 e. The number of ether oxygens (including phenoxy) is 1. The van der Waals surface area contributed by atoms with Crippen molar-refractivity contribution in [2.45, 2.75) is 58.1 Å². The molecule has 1 aromatic carbocycles. The van der Waals surface area contributed by atoms with Crippen LogP contribution in [0.3, 0.4) is 0 Å². The van der Waals surface area contributed by atoms with Crippen molar-refractivity contribution in [2.75, 3.05) is 30.3 Å². The topological polar surface area (TPSA) is 58.8 Å². The highest BCUT2D eigenvalue weighted by molar-refractivity contribution is 5.69. The first kappa shape index (κ1) is 16.9. The fourth-order valence-electron chi connectivity index (χ4n) is 3.67. The molecule has 0 saturated carbocycles. The number of nitrogens with two attached hydrogens (primary N) is 1. The molecule has 0 radical (unpaired) electrons. The van der Waals surface area contributed by atoms with E-state index in [4.69, 9.17) is 10.5 Å². The number of nitrogens with zero attached hydrogens (tertiary/aromatic N) is 2. The summed E-state index contributed by atoms with van der Waals surface area (Å²) in [6.07, 6.45) is 4.24. The molecule has 1 fully saturated rings. The van der Waals surface area contributed by atoms with Crippen LogP contribution in [-0.2, 0) is 11.2 Å². The molecule has 0 aromatic heterocycles. The third kappa shape index (κ3) is 3.77. The van der Waals surface area contributed by atoms with Gasteiger partial charge in [0.25, 0.3) is 0 Å². The summed E-state index contributed by atoms with van der Waals surface area (Å²) in [5.41, 5.74) is 8.98. The molecule has 0 aliphatic carbocycles. The summed E-state index contributed by atoms with van der Waals surface area (Å²) in [5, 5.41) is 0. The van der Waals surface area contributed by atoms with Gasteiger partial charge in [0.2, 0.25) is 0 Å². The molecular formula is C19H29N3O2. The highest BCUT2D eigenvalue weighted by Gasteiger charge is 2.34. The van der Waals surface area contributed by atoms with Crippen molar-refractivity contribution in [1.29, 1.82) is 0 Å². The minimum absolute atomic E-state index is 0.197. The standard InChI is InChI=1S/C19H29N3O2/c1-19(2,3)24-18(23)21-11-9-16(13-21)22-10-5-4-6-14-12-15(20)7-8-17(14)22/h7-8,12,16H,4-6,9-11,13,20H2,1-3H3. The van der Waals surface area contributed by atoms with Crippen LogP contribution in [-0.4, -0.2) is 42.3 Å². The van der Waals surface area contributed by atoms with Crippen LogP contribution in [0, 0.1) is 0 Å². The predicted molar refractivity (Wildman–Crippen MR) is 97.4 cm³/mol. The summed E-state index contributed by atoms with van der Waals surface area (Å²) in [6.45, 7) is 8.28. The normalized spacial score (nSPS) is 21.4. The monoisotopic (exact) mass is 331 g/mol. The zero-order valence-corrected chi connectivity index (χ0v) is 15.0. The molecule has 5 nitrogen and oxygen atoms in total. The Hall–Kier alpha value is -1.91. The number of fused-ring (bicyclic) bond motifs is 1. The number of aryl methyl sites for hydroxylation is 1. The van der Waals surface area contributed by atoms with Gasteiger partial charge in [0.05, 0.1) is 0 Å². The van der Waals surface area contributed by atoms with E-state index in [1.807, 2.05) is 31.7 Å². The van der Waals surface area contributed by atoms with E-state index in [9.17, 15) is 4.79 Å². The molecule has 132 valence electrons. The minimum Gasteiger partial charge on any atom is -0.444 e. The molecule has 2 aliphatic heterocycles. The van der Waals surface area contributed by atoms with E-state index < -0.39 is 5.60 Å². The van der Waals surface area contributed by atoms with Gasteiger partial charge >= 0.3 is 6.09 Å². The van der Waals surface area contributed by atoms with E-state index >= 15 is 0 Å². The van der Waals surface area contributed by atoms with Crippen molar-refractivity contribution in [3.05, 3.63) is 23.8 Å². The molecule has 0 spiro atoms. The molecule has 0 bridgehead atoms. The van der Waals surface area contributed by atoms with Crippen LogP contribution in [0.5, 0.6) is 0 Å². The number of rotatable bonds is 1. The maximum Gasteiger partial charge on any atom is 0.410 e. The average molecular weight is 331 g/mol. The van der Waals surface area contributed by atoms with Crippen molar-refractivity contribution in [3.63, 3.8) is 0 Å². The molecule has 2 aliphatic rings. The van der Waals surface area contributed by atoms with Crippen LogP contribution < -0.4 is 10.6 Å². The third-order valence-electron chi connectivity index (χ3n) is 4.76. The number of amides is 1. The van der Waals surface area contributed by atoms with Gasteiger partial charge < -0.3 is 20.3 Å². The fourth-order valence-corrected chi connectivity index (χ4v) is 3.67. The summed E-state index contributed by atoms with van der Waals surface area (Å²) in [4.78, 5) is 16.6. The second-order valence-corrected chi connectivity index (χ2v) is 7.91. The summed E-state index contributed by atoms with van der Waals surface area (Å²) >= 11 is 0. The number of carbonyl (C=O) groups excluding carboxylic acids is 1. The molecule has 1 atom stereocenters. The number of hydrogen-bond acceptors (Lipinski definition) is 4. The zero-order chi connectivity index (χ0) is 17.3. The van der Waals surface area contributed by atoms with Crippen molar-refractivity contribution in [2.24, 2.45) is 0 Å². The largest absolute Gasteiger partial charge is 0.444 e. The van der Waals surface area contributed by atoms with E-state index in [2.05, 4.69) is 17.0 Å². The van der Waals surface area contributed by atoms with Crippen molar-refractivity contribution < 1.29 is 9.53 Å². The summed E-state index contributed by atoms with van der Waals surface area (Å²) in [6, 6.07) is 6.59. The second kappa shape index (κ2) is 6.54. The Labute approximate surface area is 144 Å². The summed E-state index contributed by atoms with van der Waals surface area (Å²) in [5.74, 6) is 0. The van der Waals surface area contributed by atoms with E-state index in [1.54, 1.807) is 0 Å². The molecule has 2 heterocycles. The lowest BCUT2D eigenvalue weighted by Crippen LogP contribution is -2.41. The van der Waals surface area contributed by atoms with Gasteiger partial charge in [-0.3, -0.25) is 0 Å².